The molecular formula is C7H10FN3O. The molecule has 1 aromatic heterocycles. The van der Waals surface area contributed by atoms with E-state index in [0.29, 0.717) is 6.29 Å². The van der Waals surface area contributed by atoms with Gasteiger partial charge in [-0.3, -0.25) is 21.0 Å². The summed E-state index contributed by atoms with van der Waals surface area (Å²) in [6, 6.07) is 2.51. The number of hydrogen-bond donors (Lipinski definition) is 2. The number of rotatable bonds is 1. The molecule has 0 fully saturated rings. The van der Waals surface area contributed by atoms with Gasteiger partial charge in [-0.15, -0.1) is 0 Å². The van der Waals surface area contributed by atoms with Gasteiger partial charge in [0.1, 0.15) is 11.5 Å². The predicted molar refractivity (Wildman–Crippen MR) is 42.8 cm³/mol. The molecule has 0 saturated heterocycles. The van der Waals surface area contributed by atoms with Gasteiger partial charge in [0.05, 0.1) is 6.20 Å². The van der Waals surface area contributed by atoms with E-state index in [9.17, 15) is 9.18 Å². The quantitative estimate of drug-likeness (QED) is 0.357. The molecule has 0 aliphatic carbocycles. The van der Waals surface area contributed by atoms with Crippen LogP contribution in [0.3, 0.4) is 0 Å². The molecule has 0 aliphatic rings. The van der Waals surface area contributed by atoms with Gasteiger partial charge in [-0.2, -0.15) is 0 Å². The summed E-state index contributed by atoms with van der Waals surface area (Å²) in [5, 5.41) is 0. The molecule has 0 atom stereocenters. The Balaban J connectivity index is 0.000000354. The largest absolute Gasteiger partial charge is 0.296 e. The van der Waals surface area contributed by atoms with E-state index in [1.807, 2.05) is 0 Å². The molecule has 0 amide bonds. The Bertz CT molecular complexity index is 225. The number of carbonyl (C=O) groups excluding carboxylic acids is 1. The van der Waals surface area contributed by atoms with Crippen LogP contribution in [0, 0.1) is 5.82 Å². The normalized spacial score (nSPS) is 8.25. The summed E-state index contributed by atoms with van der Waals surface area (Å²) in [4.78, 5) is 13.4. The summed E-state index contributed by atoms with van der Waals surface area (Å²) in [6.07, 6.45) is 1.57. The first-order chi connectivity index (χ1) is 5.74. The van der Waals surface area contributed by atoms with E-state index in [1.165, 1.54) is 12.1 Å². The number of hydrogen-bond acceptors (Lipinski definition) is 4. The van der Waals surface area contributed by atoms with Crippen LogP contribution in [-0.4, -0.2) is 18.3 Å². The number of aldehydes is 1. The van der Waals surface area contributed by atoms with Crippen LogP contribution in [0.5, 0.6) is 0 Å². The van der Waals surface area contributed by atoms with Crippen molar-refractivity contribution in [1.29, 1.82) is 0 Å². The summed E-state index contributed by atoms with van der Waals surface area (Å²) in [5.74, 6) is 4.17. The van der Waals surface area contributed by atoms with E-state index in [-0.39, 0.29) is 5.69 Å². The zero-order chi connectivity index (χ0) is 9.40. The number of nitrogens with one attached hydrogen (secondary N) is 1. The van der Waals surface area contributed by atoms with Gasteiger partial charge < -0.3 is 0 Å². The number of hydrazine groups is 1. The van der Waals surface area contributed by atoms with Crippen molar-refractivity contribution >= 4 is 6.29 Å². The molecule has 12 heavy (non-hydrogen) atoms. The molecular weight excluding hydrogens is 161 g/mol. The average Bonchev–Trinajstić information content (AvgIpc) is 2.07. The summed E-state index contributed by atoms with van der Waals surface area (Å²) in [5.41, 5.74) is 2.50. The Kier molecular flexibility index (Phi) is 5.68. The highest BCUT2D eigenvalue weighted by molar-refractivity contribution is 5.71. The van der Waals surface area contributed by atoms with Crippen LogP contribution < -0.4 is 11.3 Å². The monoisotopic (exact) mass is 171 g/mol. The number of halogens is 1. The highest BCUT2D eigenvalue weighted by Gasteiger charge is 1.89. The summed E-state index contributed by atoms with van der Waals surface area (Å²) >= 11 is 0. The van der Waals surface area contributed by atoms with Crippen LogP contribution in [0.4, 0.5) is 4.39 Å². The number of nitrogens with zero attached hydrogens (tertiary/aromatic N) is 1. The summed E-state index contributed by atoms with van der Waals surface area (Å²) < 4.78 is 12.0. The van der Waals surface area contributed by atoms with E-state index >= 15 is 0 Å². The number of aromatic nitrogens is 1. The number of nitrogens with two attached hydrogens (primary N) is 1. The first kappa shape index (κ1) is 10.7. The molecule has 0 bridgehead atoms. The molecule has 4 nitrogen and oxygen atoms in total. The third kappa shape index (κ3) is 4.48. The SMILES string of the molecule is CNN.O=Cc1ccc(F)cn1. The molecule has 0 unspecified atom stereocenters. The Hall–Kier alpha value is -1.33. The van der Waals surface area contributed by atoms with Crippen molar-refractivity contribution in [2.45, 2.75) is 0 Å². The van der Waals surface area contributed by atoms with Crippen LogP contribution in [-0.2, 0) is 0 Å². The van der Waals surface area contributed by atoms with E-state index in [2.05, 4.69) is 16.3 Å². The van der Waals surface area contributed by atoms with Gasteiger partial charge in [-0.1, -0.05) is 0 Å². The molecule has 1 aromatic rings. The van der Waals surface area contributed by atoms with Crippen molar-refractivity contribution in [3.8, 4) is 0 Å². The van der Waals surface area contributed by atoms with Gasteiger partial charge >= 0.3 is 0 Å². The van der Waals surface area contributed by atoms with Gasteiger partial charge in [-0.05, 0) is 19.2 Å². The summed E-state index contributed by atoms with van der Waals surface area (Å²) in [6.45, 7) is 0. The molecule has 0 radical (unpaired) electrons. The van der Waals surface area contributed by atoms with Crippen molar-refractivity contribution in [1.82, 2.24) is 10.4 Å². The molecule has 1 heterocycles. The first-order valence-corrected chi connectivity index (χ1v) is 3.18. The third-order valence-corrected chi connectivity index (χ3v) is 0.871. The molecule has 0 aliphatic heterocycles. The molecule has 0 saturated carbocycles. The highest BCUT2D eigenvalue weighted by atomic mass is 19.1. The second-order valence-electron chi connectivity index (χ2n) is 1.81. The van der Waals surface area contributed by atoms with Gasteiger partial charge in [0, 0.05) is 0 Å². The predicted octanol–water partition coefficient (Wildman–Crippen LogP) is 0.113. The lowest BCUT2D eigenvalue weighted by Gasteiger charge is -1.85. The summed E-state index contributed by atoms with van der Waals surface area (Å²) in [7, 11) is 1.65. The fourth-order valence-electron chi connectivity index (χ4n) is 0.457. The van der Waals surface area contributed by atoms with Gasteiger partial charge in [0.25, 0.3) is 0 Å². The first-order valence-electron chi connectivity index (χ1n) is 3.18. The van der Waals surface area contributed by atoms with Crippen molar-refractivity contribution in [2.24, 2.45) is 5.84 Å². The van der Waals surface area contributed by atoms with Crippen LogP contribution in [0.2, 0.25) is 0 Å². The minimum Gasteiger partial charge on any atom is -0.296 e. The van der Waals surface area contributed by atoms with Gasteiger partial charge in [0.2, 0.25) is 0 Å². The topological polar surface area (TPSA) is 68.0 Å². The lowest BCUT2D eigenvalue weighted by atomic mass is 10.4. The minimum atomic E-state index is -0.430. The van der Waals surface area contributed by atoms with Crippen LogP contribution in [0.15, 0.2) is 18.3 Å². The third-order valence-electron chi connectivity index (χ3n) is 0.871. The molecule has 1 rings (SSSR count). The van der Waals surface area contributed by atoms with E-state index in [1.54, 1.807) is 7.05 Å². The molecule has 66 valence electrons. The highest BCUT2D eigenvalue weighted by Crippen LogP contribution is 1.93. The van der Waals surface area contributed by atoms with Crippen LogP contribution in [0.25, 0.3) is 0 Å². The van der Waals surface area contributed by atoms with Gasteiger partial charge in [0.15, 0.2) is 6.29 Å². The molecule has 5 heteroatoms. The Morgan fingerprint density at radius 2 is 2.25 bits per heavy atom. The van der Waals surface area contributed by atoms with Crippen molar-refractivity contribution in [3.05, 3.63) is 29.8 Å². The van der Waals surface area contributed by atoms with E-state index in [0.717, 1.165) is 6.20 Å². The fourth-order valence-corrected chi connectivity index (χ4v) is 0.457. The maximum atomic E-state index is 12.0. The van der Waals surface area contributed by atoms with Crippen molar-refractivity contribution in [2.75, 3.05) is 7.05 Å². The lowest BCUT2D eigenvalue weighted by molar-refractivity contribution is 0.111. The smallest absolute Gasteiger partial charge is 0.168 e. The van der Waals surface area contributed by atoms with Crippen LogP contribution >= 0.6 is 0 Å². The lowest BCUT2D eigenvalue weighted by Crippen LogP contribution is -2.13. The second kappa shape index (κ2) is 6.38. The van der Waals surface area contributed by atoms with Crippen molar-refractivity contribution < 1.29 is 9.18 Å². The van der Waals surface area contributed by atoms with Crippen molar-refractivity contribution in [3.63, 3.8) is 0 Å². The zero-order valence-electron chi connectivity index (χ0n) is 6.62. The average molecular weight is 171 g/mol. The minimum absolute atomic E-state index is 0.247. The molecule has 0 spiro atoms. The maximum absolute atomic E-state index is 12.0. The van der Waals surface area contributed by atoms with E-state index < -0.39 is 5.82 Å². The van der Waals surface area contributed by atoms with Gasteiger partial charge in [-0.25, -0.2) is 4.39 Å². The Morgan fingerprint density at radius 1 is 1.67 bits per heavy atom. The van der Waals surface area contributed by atoms with Crippen LogP contribution in [0.1, 0.15) is 10.5 Å². The molecule has 3 N–H and O–H groups in total. The standard InChI is InChI=1S/C6H4FNO.CH6N2/c7-5-1-2-6(4-9)8-3-5;1-3-2/h1-4H;3H,2H2,1H3. The number of pyridine rings is 1. The van der Waals surface area contributed by atoms with E-state index in [4.69, 9.17) is 0 Å². The maximum Gasteiger partial charge on any atom is 0.168 e. The fraction of sp³-hybridized carbons (Fsp3) is 0.143. The number of carbonyl (C=O) groups is 1. The second-order valence-corrected chi connectivity index (χ2v) is 1.81. The Labute approximate surface area is 69.6 Å². The zero-order valence-corrected chi connectivity index (χ0v) is 6.62. The molecule has 0 aromatic carbocycles. The Morgan fingerprint density at radius 3 is 2.58 bits per heavy atom.